The summed E-state index contributed by atoms with van der Waals surface area (Å²) in [4.78, 5) is 38.0. The van der Waals surface area contributed by atoms with E-state index < -0.39 is 34.4 Å². The highest BCUT2D eigenvalue weighted by Crippen LogP contribution is 2.38. The molecule has 0 bridgehead atoms. The van der Waals surface area contributed by atoms with Crippen molar-refractivity contribution in [3.63, 3.8) is 0 Å². The third-order valence-corrected chi connectivity index (χ3v) is 4.63. The number of hydrogen-bond acceptors (Lipinski definition) is 5. The van der Waals surface area contributed by atoms with Crippen LogP contribution in [0.25, 0.3) is 11.1 Å². The van der Waals surface area contributed by atoms with Gasteiger partial charge in [-0.15, -0.1) is 0 Å². The minimum atomic E-state index is -1.61. The number of aryl methyl sites for hydroxylation is 1. The van der Waals surface area contributed by atoms with Crippen molar-refractivity contribution in [2.75, 3.05) is 5.73 Å². The normalized spacial score (nSPS) is 10.6. The van der Waals surface area contributed by atoms with Crippen molar-refractivity contribution in [3.8, 4) is 16.9 Å². The van der Waals surface area contributed by atoms with Crippen LogP contribution in [0.3, 0.4) is 0 Å². The van der Waals surface area contributed by atoms with E-state index in [9.17, 15) is 24.6 Å². The second kappa shape index (κ2) is 8.30. The molecule has 1 heterocycles. The summed E-state index contributed by atoms with van der Waals surface area (Å²) >= 11 is 6.08. The van der Waals surface area contributed by atoms with Gasteiger partial charge in [0.1, 0.15) is 29.3 Å². The summed E-state index contributed by atoms with van der Waals surface area (Å²) in [5, 5.41) is 19.4. The first-order valence-electron chi connectivity index (χ1n) is 8.69. The van der Waals surface area contributed by atoms with E-state index in [0.29, 0.717) is 0 Å². The smallest absolute Gasteiger partial charge is 0.342 e. The number of hydrogen-bond donors (Lipinski definition) is 4. The van der Waals surface area contributed by atoms with Crippen LogP contribution in [0.4, 0.5) is 5.82 Å². The highest BCUT2D eigenvalue weighted by molar-refractivity contribution is 6.31. The van der Waals surface area contributed by atoms with E-state index >= 15 is 0 Å². The minimum absolute atomic E-state index is 0.0298. The number of nitrogen functional groups attached to an aromatic ring is 1. The molecule has 1 aromatic heterocycles. The molecule has 8 nitrogen and oxygen atoms in total. The monoisotopic (exact) mass is 428 g/mol. The first-order valence-corrected chi connectivity index (χ1v) is 9.07. The molecule has 0 saturated heterocycles. The molecular weight excluding hydrogens is 412 g/mol. The lowest BCUT2D eigenvalue weighted by atomic mass is 9.94. The van der Waals surface area contributed by atoms with Gasteiger partial charge in [0.2, 0.25) is 0 Å². The molecule has 0 aliphatic carbocycles. The lowest BCUT2D eigenvalue weighted by Gasteiger charge is -2.16. The molecule has 154 valence electrons. The Morgan fingerprint density at radius 2 is 1.70 bits per heavy atom. The van der Waals surface area contributed by atoms with Gasteiger partial charge in [-0.25, -0.2) is 9.59 Å². The molecule has 3 aromatic rings. The van der Waals surface area contributed by atoms with Crippen LogP contribution in [-0.4, -0.2) is 27.1 Å². The highest BCUT2D eigenvalue weighted by atomic mass is 35.5. The number of carboxylic acid groups (broad SMARTS) is 2. The van der Waals surface area contributed by atoms with Gasteiger partial charge in [-0.1, -0.05) is 41.4 Å². The number of ether oxygens (including phenoxy) is 1. The fraction of sp³-hybridized carbons (Fsp3) is 0.0952. The summed E-state index contributed by atoms with van der Waals surface area (Å²) in [5.74, 6) is -3.45. The number of nitrogens with one attached hydrogen (secondary N) is 1. The molecule has 3 rings (SSSR count). The van der Waals surface area contributed by atoms with Crippen LogP contribution in [0.15, 0.2) is 47.3 Å². The summed E-state index contributed by atoms with van der Waals surface area (Å²) in [5.41, 5.74) is 4.88. The lowest BCUT2D eigenvalue weighted by Crippen LogP contribution is -2.24. The van der Waals surface area contributed by atoms with Gasteiger partial charge in [-0.3, -0.25) is 4.79 Å². The fourth-order valence-corrected chi connectivity index (χ4v) is 3.16. The summed E-state index contributed by atoms with van der Waals surface area (Å²) in [6.45, 7) is 2.07. The van der Waals surface area contributed by atoms with E-state index in [2.05, 4.69) is 4.98 Å². The van der Waals surface area contributed by atoms with Crippen molar-refractivity contribution >= 4 is 29.4 Å². The number of H-pyrrole nitrogens is 1. The molecule has 30 heavy (non-hydrogen) atoms. The first kappa shape index (κ1) is 20.9. The molecular formula is C21H17ClN2O6. The Kier molecular flexibility index (Phi) is 5.79. The number of carboxylic acids is 2. The molecule has 0 unspecified atom stereocenters. The summed E-state index contributed by atoms with van der Waals surface area (Å²) in [7, 11) is 0. The second-order valence-electron chi connectivity index (χ2n) is 6.52. The average molecular weight is 429 g/mol. The van der Waals surface area contributed by atoms with Crippen molar-refractivity contribution in [1.29, 1.82) is 0 Å². The summed E-state index contributed by atoms with van der Waals surface area (Å²) in [6, 6.07) is 11.9. The van der Waals surface area contributed by atoms with E-state index in [0.717, 1.165) is 11.1 Å². The largest absolute Gasteiger partial charge is 0.488 e. The Balaban J connectivity index is 2.21. The Morgan fingerprint density at radius 3 is 2.30 bits per heavy atom. The number of rotatable bonds is 6. The zero-order valence-corrected chi connectivity index (χ0v) is 16.5. The molecule has 0 aliphatic rings. The molecule has 0 radical (unpaired) electrons. The van der Waals surface area contributed by atoms with Crippen LogP contribution in [0.5, 0.6) is 5.75 Å². The molecule has 9 heteroatoms. The van der Waals surface area contributed by atoms with E-state index in [1.165, 1.54) is 18.2 Å². The Hall–Kier alpha value is -3.78. The standard InChI is InChI=1S/C21H17ClN2O6/c1-10-2-4-11(5-3-10)9-30-14-7-6-12(22)8-13(14)15-16(20(26)27)18(23)24-19(25)17(15)21(28)29/h2-8H,9H2,1H3,(H,26,27)(H,28,29)(H3,23,24,25). The van der Waals surface area contributed by atoms with Gasteiger partial charge >= 0.3 is 11.9 Å². The first-order chi connectivity index (χ1) is 14.2. The predicted octanol–water partition coefficient (Wildman–Crippen LogP) is 3.56. The number of pyridine rings is 1. The van der Waals surface area contributed by atoms with Crippen molar-refractivity contribution in [1.82, 2.24) is 4.98 Å². The molecule has 0 atom stereocenters. The number of halogens is 1. The van der Waals surface area contributed by atoms with Gasteiger partial charge in [-0.2, -0.15) is 0 Å². The molecule has 5 N–H and O–H groups in total. The number of aromatic amines is 1. The third kappa shape index (κ3) is 4.13. The topological polar surface area (TPSA) is 143 Å². The van der Waals surface area contributed by atoms with Crippen LogP contribution >= 0.6 is 11.6 Å². The van der Waals surface area contributed by atoms with Crippen molar-refractivity contribution in [2.24, 2.45) is 0 Å². The van der Waals surface area contributed by atoms with Crippen molar-refractivity contribution in [3.05, 3.63) is 80.1 Å². The van der Waals surface area contributed by atoms with Crippen LogP contribution in [0.1, 0.15) is 31.8 Å². The minimum Gasteiger partial charge on any atom is -0.488 e. The number of anilines is 1. The SMILES string of the molecule is Cc1ccc(COc2ccc(Cl)cc2-c2c(C(=O)O)c(N)[nH]c(=O)c2C(=O)O)cc1. The van der Waals surface area contributed by atoms with E-state index in [4.69, 9.17) is 22.1 Å². The van der Waals surface area contributed by atoms with Crippen molar-refractivity contribution in [2.45, 2.75) is 13.5 Å². The maximum Gasteiger partial charge on any atom is 0.342 e. The summed E-state index contributed by atoms with van der Waals surface area (Å²) < 4.78 is 5.82. The van der Waals surface area contributed by atoms with Crippen LogP contribution in [0.2, 0.25) is 5.02 Å². The van der Waals surface area contributed by atoms with Gasteiger partial charge < -0.3 is 25.7 Å². The molecule has 0 fully saturated rings. The van der Waals surface area contributed by atoms with Crippen molar-refractivity contribution < 1.29 is 24.5 Å². The summed E-state index contributed by atoms with van der Waals surface area (Å²) in [6.07, 6.45) is 0. The number of aromatic carboxylic acids is 2. The van der Waals surface area contributed by atoms with Crippen LogP contribution in [0, 0.1) is 6.92 Å². The van der Waals surface area contributed by atoms with E-state index in [1.54, 1.807) is 0 Å². The zero-order chi connectivity index (χ0) is 22.0. The molecule has 2 aromatic carbocycles. The Bertz CT molecular complexity index is 1200. The maximum absolute atomic E-state index is 12.3. The lowest BCUT2D eigenvalue weighted by molar-refractivity contribution is 0.0695. The van der Waals surface area contributed by atoms with Gasteiger partial charge in [-0.05, 0) is 30.7 Å². The average Bonchev–Trinajstić information content (AvgIpc) is 2.66. The molecule has 0 aliphatic heterocycles. The molecule has 0 amide bonds. The quantitative estimate of drug-likeness (QED) is 0.470. The van der Waals surface area contributed by atoms with Gasteiger partial charge in [0.15, 0.2) is 0 Å². The maximum atomic E-state index is 12.3. The molecule has 0 saturated carbocycles. The van der Waals surface area contributed by atoms with Crippen LogP contribution < -0.4 is 16.0 Å². The third-order valence-electron chi connectivity index (χ3n) is 4.40. The fourth-order valence-electron chi connectivity index (χ4n) is 2.98. The van der Waals surface area contributed by atoms with Gasteiger partial charge in [0, 0.05) is 16.1 Å². The number of benzene rings is 2. The van der Waals surface area contributed by atoms with E-state index in [1.807, 2.05) is 31.2 Å². The highest BCUT2D eigenvalue weighted by Gasteiger charge is 2.28. The molecule has 0 spiro atoms. The van der Waals surface area contributed by atoms with Crippen LogP contribution in [-0.2, 0) is 6.61 Å². The van der Waals surface area contributed by atoms with Gasteiger partial charge in [0.25, 0.3) is 5.56 Å². The van der Waals surface area contributed by atoms with Gasteiger partial charge in [0.05, 0.1) is 0 Å². The Labute approximate surface area is 175 Å². The number of nitrogens with two attached hydrogens (primary N) is 1. The Morgan fingerprint density at radius 1 is 1.07 bits per heavy atom. The second-order valence-corrected chi connectivity index (χ2v) is 6.95. The number of aromatic nitrogens is 1. The zero-order valence-electron chi connectivity index (χ0n) is 15.7. The predicted molar refractivity (Wildman–Crippen MR) is 111 cm³/mol. The van der Waals surface area contributed by atoms with E-state index in [-0.39, 0.29) is 28.5 Å². The number of carbonyl (C=O) groups is 2.